The molecule has 5 nitrogen and oxygen atoms in total. The number of esters is 1. The average Bonchev–Trinajstić information content (AvgIpc) is 3.52. The van der Waals surface area contributed by atoms with E-state index in [-0.39, 0.29) is 24.3 Å². The van der Waals surface area contributed by atoms with E-state index >= 15 is 0 Å². The second-order valence-electron chi connectivity index (χ2n) is 7.68. The Kier molecular flexibility index (Phi) is 6.53. The number of thiophene rings is 1. The highest BCUT2D eigenvalue weighted by atomic mass is 35.5. The molecule has 4 rings (SSSR count). The van der Waals surface area contributed by atoms with Crippen LogP contribution in [0.2, 0.25) is 5.02 Å². The van der Waals surface area contributed by atoms with Crippen LogP contribution >= 0.6 is 22.9 Å². The third-order valence-electron chi connectivity index (χ3n) is 5.60. The number of halogens is 1. The highest BCUT2D eigenvalue weighted by Gasteiger charge is 2.44. The van der Waals surface area contributed by atoms with Crippen molar-refractivity contribution in [3.05, 3.63) is 69.6 Å². The number of ether oxygens (including phenoxy) is 2. The van der Waals surface area contributed by atoms with E-state index in [1.54, 1.807) is 26.2 Å². The van der Waals surface area contributed by atoms with Gasteiger partial charge in [-0.25, -0.2) is 4.79 Å². The van der Waals surface area contributed by atoms with E-state index in [9.17, 15) is 9.59 Å². The van der Waals surface area contributed by atoms with Crippen molar-refractivity contribution >= 4 is 39.8 Å². The first-order valence-electron chi connectivity index (χ1n) is 10.4. The van der Waals surface area contributed by atoms with E-state index in [0.717, 1.165) is 33.7 Å². The number of rotatable bonds is 7. The van der Waals surface area contributed by atoms with Crippen LogP contribution in [0.3, 0.4) is 0 Å². The minimum absolute atomic E-state index is 0.0831. The maximum absolute atomic E-state index is 13.0. The predicted molar refractivity (Wildman–Crippen MR) is 128 cm³/mol. The molecule has 2 aromatic carbocycles. The van der Waals surface area contributed by atoms with Crippen molar-refractivity contribution in [2.45, 2.75) is 26.2 Å². The first-order chi connectivity index (χ1) is 15.4. The van der Waals surface area contributed by atoms with E-state index in [4.69, 9.17) is 21.1 Å². The van der Waals surface area contributed by atoms with Crippen LogP contribution in [-0.2, 0) is 9.53 Å². The van der Waals surface area contributed by atoms with Gasteiger partial charge >= 0.3 is 5.97 Å². The lowest BCUT2D eigenvalue weighted by molar-refractivity contribution is -0.117. The fourth-order valence-electron chi connectivity index (χ4n) is 3.90. The summed E-state index contributed by atoms with van der Waals surface area (Å²) in [6, 6.07) is 15.1. The fraction of sp³-hybridized carbons (Fsp3) is 0.280. The lowest BCUT2D eigenvalue weighted by Gasteiger charge is -2.09. The zero-order valence-electron chi connectivity index (χ0n) is 18.1. The summed E-state index contributed by atoms with van der Waals surface area (Å²) in [7, 11) is 1.63. The van der Waals surface area contributed by atoms with E-state index in [1.807, 2.05) is 43.3 Å². The minimum Gasteiger partial charge on any atom is -0.497 e. The number of benzene rings is 2. The Hall–Kier alpha value is -2.83. The van der Waals surface area contributed by atoms with Gasteiger partial charge in [0, 0.05) is 21.4 Å². The standard InChI is InChI=1S/C25H24ClNO4S/c1-4-31-25(29)22-21(16-5-9-17(26)10-6-16)14(2)32-24(22)27-23(28)20-13-19(20)15-7-11-18(30-3)12-8-15/h5-12,19-20H,4,13H2,1-3H3,(H,27,28). The summed E-state index contributed by atoms with van der Waals surface area (Å²) in [5.74, 6) is 0.307. The van der Waals surface area contributed by atoms with E-state index in [0.29, 0.717) is 15.6 Å². The molecule has 166 valence electrons. The fourth-order valence-corrected chi connectivity index (χ4v) is 5.10. The molecule has 1 aliphatic carbocycles. The van der Waals surface area contributed by atoms with Gasteiger partial charge in [0.25, 0.3) is 0 Å². The monoisotopic (exact) mass is 469 g/mol. The van der Waals surface area contributed by atoms with E-state index < -0.39 is 5.97 Å². The predicted octanol–water partition coefficient (Wildman–Crippen LogP) is 6.30. The molecular formula is C25H24ClNO4S. The van der Waals surface area contributed by atoms with Crippen LogP contribution in [0.5, 0.6) is 5.75 Å². The summed E-state index contributed by atoms with van der Waals surface area (Å²) in [5, 5.41) is 4.15. The summed E-state index contributed by atoms with van der Waals surface area (Å²) in [6.07, 6.45) is 0.779. The van der Waals surface area contributed by atoms with Crippen molar-refractivity contribution in [2.24, 2.45) is 5.92 Å². The van der Waals surface area contributed by atoms with Gasteiger partial charge in [-0.3, -0.25) is 4.79 Å². The van der Waals surface area contributed by atoms with Crippen LogP contribution < -0.4 is 10.1 Å². The normalized spacial score (nSPS) is 17.0. The summed E-state index contributed by atoms with van der Waals surface area (Å²) in [6.45, 7) is 3.95. The van der Waals surface area contributed by atoms with Crippen molar-refractivity contribution < 1.29 is 19.1 Å². The highest BCUT2D eigenvalue weighted by Crippen LogP contribution is 2.49. The van der Waals surface area contributed by atoms with Crippen LogP contribution in [0.4, 0.5) is 5.00 Å². The largest absolute Gasteiger partial charge is 0.497 e. The maximum Gasteiger partial charge on any atom is 0.341 e. The van der Waals surface area contributed by atoms with Crippen molar-refractivity contribution in [3.63, 3.8) is 0 Å². The third-order valence-corrected chi connectivity index (χ3v) is 6.88. The number of hydrogen-bond acceptors (Lipinski definition) is 5. The van der Waals surface area contributed by atoms with Gasteiger partial charge in [-0.1, -0.05) is 35.9 Å². The Morgan fingerprint density at radius 1 is 1.12 bits per heavy atom. The summed E-state index contributed by atoms with van der Waals surface area (Å²) >= 11 is 7.42. The Bertz CT molecular complexity index is 1140. The first-order valence-corrected chi connectivity index (χ1v) is 11.6. The zero-order chi connectivity index (χ0) is 22.8. The molecule has 0 bridgehead atoms. The first kappa shape index (κ1) is 22.4. The molecule has 0 radical (unpaired) electrons. The smallest absolute Gasteiger partial charge is 0.341 e. The third kappa shape index (κ3) is 4.52. The number of aryl methyl sites for hydroxylation is 1. The van der Waals surface area contributed by atoms with Crippen molar-refractivity contribution in [1.82, 2.24) is 0 Å². The van der Waals surface area contributed by atoms with Crippen LogP contribution in [0.1, 0.15) is 40.1 Å². The quantitative estimate of drug-likeness (QED) is 0.412. The topological polar surface area (TPSA) is 64.6 Å². The van der Waals surface area contributed by atoms with Crippen molar-refractivity contribution in [2.75, 3.05) is 19.0 Å². The number of hydrogen-bond donors (Lipinski definition) is 1. The molecule has 7 heteroatoms. The molecule has 1 fully saturated rings. The molecule has 1 heterocycles. The second kappa shape index (κ2) is 9.35. The number of carbonyl (C=O) groups is 2. The van der Waals surface area contributed by atoms with Gasteiger partial charge in [0.05, 0.1) is 13.7 Å². The molecule has 1 aliphatic rings. The van der Waals surface area contributed by atoms with Crippen LogP contribution in [-0.4, -0.2) is 25.6 Å². The molecule has 1 amide bonds. The van der Waals surface area contributed by atoms with Crippen LogP contribution in [0.15, 0.2) is 48.5 Å². The van der Waals surface area contributed by atoms with E-state index in [2.05, 4.69) is 5.32 Å². The van der Waals surface area contributed by atoms with Gasteiger partial charge in [-0.05, 0) is 61.6 Å². The van der Waals surface area contributed by atoms with Gasteiger partial charge in [0.1, 0.15) is 16.3 Å². The number of carbonyl (C=O) groups excluding carboxylic acids is 2. The number of anilines is 1. The van der Waals surface area contributed by atoms with Gasteiger partial charge in [0.15, 0.2) is 0 Å². The van der Waals surface area contributed by atoms with Gasteiger partial charge < -0.3 is 14.8 Å². The van der Waals surface area contributed by atoms with Gasteiger partial charge in [-0.2, -0.15) is 0 Å². The van der Waals surface area contributed by atoms with Crippen LogP contribution in [0, 0.1) is 12.8 Å². The lowest BCUT2D eigenvalue weighted by atomic mass is 10.0. The Morgan fingerprint density at radius 3 is 2.44 bits per heavy atom. The van der Waals surface area contributed by atoms with Crippen LogP contribution in [0.25, 0.3) is 11.1 Å². The second-order valence-corrected chi connectivity index (χ2v) is 9.34. The summed E-state index contributed by atoms with van der Waals surface area (Å²) < 4.78 is 10.5. The number of amides is 1. The molecule has 2 unspecified atom stereocenters. The van der Waals surface area contributed by atoms with Crippen molar-refractivity contribution in [3.8, 4) is 16.9 Å². The SMILES string of the molecule is CCOC(=O)c1c(NC(=O)C2CC2c2ccc(OC)cc2)sc(C)c1-c1ccc(Cl)cc1. The molecule has 2 atom stereocenters. The number of nitrogens with one attached hydrogen (secondary N) is 1. The molecule has 0 spiro atoms. The minimum atomic E-state index is -0.445. The van der Waals surface area contributed by atoms with Gasteiger partial charge in [0.2, 0.25) is 5.91 Å². The highest BCUT2D eigenvalue weighted by molar-refractivity contribution is 7.17. The van der Waals surface area contributed by atoms with Gasteiger partial charge in [-0.15, -0.1) is 11.3 Å². The Morgan fingerprint density at radius 2 is 1.81 bits per heavy atom. The average molecular weight is 470 g/mol. The Balaban J connectivity index is 1.59. The molecule has 1 aromatic heterocycles. The molecule has 0 saturated heterocycles. The number of methoxy groups -OCH3 is 1. The molecule has 0 aliphatic heterocycles. The lowest BCUT2D eigenvalue weighted by Crippen LogP contribution is -2.16. The van der Waals surface area contributed by atoms with E-state index in [1.165, 1.54) is 11.3 Å². The zero-order valence-corrected chi connectivity index (χ0v) is 19.7. The molecule has 1 N–H and O–H groups in total. The Labute approximate surface area is 196 Å². The molecule has 1 saturated carbocycles. The molecule has 32 heavy (non-hydrogen) atoms. The maximum atomic E-state index is 13.0. The van der Waals surface area contributed by atoms with Crippen molar-refractivity contribution in [1.29, 1.82) is 0 Å². The molecule has 3 aromatic rings. The summed E-state index contributed by atoms with van der Waals surface area (Å²) in [5.41, 5.74) is 3.13. The molecular weight excluding hydrogens is 446 g/mol. The summed E-state index contributed by atoms with van der Waals surface area (Å²) in [4.78, 5) is 26.8.